The van der Waals surface area contributed by atoms with Gasteiger partial charge >= 0.3 is 0 Å². The molecule has 1 aromatic carbocycles. The highest BCUT2D eigenvalue weighted by Gasteiger charge is 2.23. The molecule has 0 spiro atoms. The van der Waals surface area contributed by atoms with Crippen molar-refractivity contribution in [1.82, 2.24) is 30.2 Å². The molecular weight excluding hydrogens is 436 g/mol. The van der Waals surface area contributed by atoms with Crippen molar-refractivity contribution in [2.75, 3.05) is 6.54 Å². The van der Waals surface area contributed by atoms with Gasteiger partial charge in [-0.1, -0.05) is 30.3 Å². The number of carbonyl (C=O) groups is 2. The lowest BCUT2D eigenvalue weighted by atomic mass is 10.0. The Balaban J connectivity index is 1.30. The second-order valence-electron chi connectivity index (χ2n) is 7.65. The Morgan fingerprint density at radius 3 is 2.82 bits per heavy atom. The van der Waals surface area contributed by atoms with E-state index in [4.69, 9.17) is 0 Å². The molecule has 0 aliphatic rings. The van der Waals surface area contributed by atoms with Crippen LogP contribution in [-0.4, -0.2) is 44.0 Å². The fourth-order valence-corrected chi connectivity index (χ4v) is 4.48. The maximum Gasteiger partial charge on any atom is 0.262 e. The number of hydrogen-bond acceptors (Lipinski definition) is 5. The van der Waals surface area contributed by atoms with Gasteiger partial charge in [0.15, 0.2) is 5.65 Å². The van der Waals surface area contributed by atoms with Gasteiger partial charge < -0.3 is 15.6 Å². The number of amides is 2. The summed E-state index contributed by atoms with van der Waals surface area (Å²) in [5.41, 5.74) is 2.73. The maximum absolute atomic E-state index is 13.1. The summed E-state index contributed by atoms with van der Waals surface area (Å²) in [6.07, 6.45) is 4.69. The second kappa shape index (κ2) is 9.25. The minimum atomic E-state index is -0.714. The van der Waals surface area contributed by atoms with Gasteiger partial charge in [-0.15, -0.1) is 21.5 Å². The van der Waals surface area contributed by atoms with E-state index in [0.717, 1.165) is 27.9 Å². The molecule has 0 aliphatic carbocycles. The molecule has 33 heavy (non-hydrogen) atoms. The Kier molecular flexibility index (Phi) is 5.86. The zero-order chi connectivity index (χ0) is 22.6. The summed E-state index contributed by atoms with van der Waals surface area (Å²) < 4.78 is 1.90. The predicted octanol–water partition coefficient (Wildman–Crippen LogP) is 2.97. The van der Waals surface area contributed by atoms with Gasteiger partial charge in [-0.3, -0.25) is 14.0 Å². The molecule has 0 saturated heterocycles. The van der Waals surface area contributed by atoms with Crippen LogP contribution in [0.1, 0.15) is 21.1 Å². The normalized spacial score (nSPS) is 12.1. The Bertz CT molecular complexity index is 1400. The summed E-state index contributed by atoms with van der Waals surface area (Å²) in [5, 5.41) is 17.1. The third kappa shape index (κ3) is 4.49. The molecular formula is C24H22N6O2S. The van der Waals surface area contributed by atoms with Crippen LogP contribution >= 0.6 is 11.3 Å². The number of nitrogens with zero attached hydrogens (tertiary/aromatic N) is 3. The van der Waals surface area contributed by atoms with Gasteiger partial charge in [0.2, 0.25) is 5.91 Å². The second-order valence-corrected chi connectivity index (χ2v) is 8.60. The average molecular weight is 459 g/mol. The van der Waals surface area contributed by atoms with Crippen LogP contribution in [0.3, 0.4) is 0 Å². The molecule has 4 aromatic heterocycles. The first kappa shape index (κ1) is 20.9. The van der Waals surface area contributed by atoms with E-state index in [9.17, 15) is 9.59 Å². The number of fused-ring (bicyclic) bond motifs is 2. The first-order valence-electron chi connectivity index (χ1n) is 10.6. The predicted molar refractivity (Wildman–Crippen MR) is 127 cm³/mol. The van der Waals surface area contributed by atoms with Crippen LogP contribution < -0.4 is 10.6 Å². The molecule has 0 aliphatic heterocycles. The number of carbonyl (C=O) groups excluding carboxylic acids is 2. The molecule has 0 bridgehead atoms. The van der Waals surface area contributed by atoms with Gasteiger partial charge in [0, 0.05) is 42.7 Å². The van der Waals surface area contributed by atoms with Crippen LogP contribution in [-0.2, 0) is 17.6 Å². The summed E-state index contributed by atoms with van der Waals surface area (Å²) in [4.78, 5) is 29.6. The lowest BCUT2D eigenvalue weighted by Crippen LogP contribution is -2.48. The van der Waals surface area contributed by atoms with E-state index in [2.05, 4.69) is 25.8 Å². The van der Waals surface area contributed by atoms with Crippen molar-refractivity contribution >= 4 is 39.7 Å². The van der Waals surface area contributed by atoms with E-state index in [1.54, 1.807) is 6.07 Å². The minimum Gasteiger partial charge on any atom is -0.361 e. The fraction of sp³-hybridized carbons (Fsp3) is 0.167. The van der Waals surface area contributed by atoms with Crippen molar-refractivity contribution in [3.8, 4) is 0 Å². The number of thiophene rings is 1. The summed E-state index contributed by atoms with van der Waals surface area (Å²) in [6, 6.07) is 16.5. The number of pyridine rings is 1. The average Bonchev–Trinajstić information content (AvgIpc) is 3.59. The van der Waals surface area contributed by atoms with E-state index in [1.807, 2.05) is 70.7 Å². The van der Waals surface area contributed by atoms with Gasteiger partial charge in [0.25, 0.3) is 5.91 Å². The number of nitrogens with one attached hydrogen (secondary N) is 3. The Labute approximate surface area is 193 Å². The quantitative estimate of drug-likeness (QED) is 0.333. The Morgan fingerprint density at radius 1 is 1.06 bits per heavy atom. The third-order valence-electron chi connectivity index (χ3n) is 5.50. The Hall–Kier alpha value is -3.98. The molecule has 8 nitrogen and oxygen atoms in total. The van der Waals surface area contributed by atoms with Crippen molar-refractivity contribution in [3.05, 3.63) is 88.6 Å². The highest BCUT2D eigenvalue weighted by Crippen LogP contribution is 2.19. The molecule has 5 aromatic rings. The van der Waals surface area contributed by atoms with Crippen molar-refractivity contribution in [3.63, 3.8) is 0 Å². The Morgan fingerprint density at radius 2 is 1.94 bits per heavy atom. The molecule has 9 heteroatoms. The van der Waals surface area contributed by atoms with E-state index >= 15 is 0 Å². The molecule has 2 amide bonds. The van der Waals surface area contributed by atoms with Gasteiger partial charge in [-0.25, -0.2) is 0 Å². The number of hydrogen-bond donors (Lipinski definition) is 3. The van der Waals surface area contributed by atoms with Crippen molar-refractivity contribution in [2.24, 2.45) is 0 Å². The van der Waals surface area contributed by atoms with E-state index < -0.39 is 6.04 Å². The van der Waals surface area contributed by atoms with Gasteiger partial charge in [-0.2, -0.15) is 0 Å². The summed E-state index contributed by atoms with van der Waals surface area (Å²) >= 11 is 1.34. The number of H-pyrrole nitrogens is 1. The van der Waals surface area contributed by atoms with Crippen molar-refractivity contribution in [2.45, 2.75) is 18.9 Å². The third-order valence-corrected chi connectivity index (χ3v) is 6.37. The molecule has 3 N–H and O–H groups in total. The first-order chi connectivity index (χ1) is 16.2. The van der Waals surface area contributed by atoms with Gasteiger partial charge in [0.05, 0.1) is 4.88 Å². The number of benzene rings is 1. The van der Waals surface area contributed by atoms with E-state index in [1.165, 1.54) is 11.3 Å². The molecule has 0 radical (unpaired) electrons. The highest BCUT2D eigenvalue weighted by molar-refractivity contribution is 7.12. The standard InChI is InChI=1S/C24H22N6O2S/c31-23(25-11-10-22-29-28-21-9-3-4-12-30(21)22)19(27-24(32)20-8-5-13-33-20)14-16-15-26-18-7-2-1-6-17(16)18/h1-9,12-13,15,19,26H,10-11,14H2,(H,25,31)(H,27,32). The zero-order valence-electron chi connectivity index (χ0n) is 17.7. The molecule has 0 saturated carbocycles. The highest BCUT2D eigenvalue weighted by atomic mass is 32.1. The number of aromatic amines is 1. The minimum absolute atomic E-state index is 0.237. The molecule has 0 fully saturated rings. The van der Waals surface area contributed by atoms with Crippen LogP contribution in [0.5, 0.6) is 0 Å². The lowest BCUT2D eigenvalue weighted by Gasteiger charge is -2.18. The zero-order valence-corrected chi connectivity index (χ0v) is 18.5. The van der Waals surface area contributed by atoms with Gasteiger partial charge in [0.1, 0.15) is 11.9 Å². The molecule has 166 valence electrons. The summed E-state index contributed by atoms with van der Waals surface area (Å²) in [7, 11) is 0. The van der Waals surface area contributed by atoms with Crippen molar-refractivity contribution < 1.29 is 9.59 Å². The van der Waals surface area contributed by atoms with Gasteiger partial charge in [-0.05, 0) is 35.2 Å². The molecule has 5 rings (SSSR count). The SMILES string of the molecule is O=C(NC(Cc1c[nH]c2ccccc12)C(=O)NCCc1nnc2ccccn12)c1cccs1. The smallest absolute Gasteiger partial charge is 0.262 e. The molecule has 1 atom stereocenters. The number of rotatable bonds is 8. The molecule has 4 heterocycles. The fourth-order valence-electron chi connectivity index (χ4n) is 3.85. The van der Waals surface area contributed by atoms with E-state index in [-0.39, 0.29) is 11.8 Å². The monoisotopic (exact) mass is 458 g/mol. The number of aromatic nitrogens is 4. The van der Waals surface area contributed by atoms with Crippen LogP contribution in [0.15, 0.2) is 72.4 Å². The van der Waals surface area contributed by atoms with Crippen LogP contribution in [0.25, 0.3) is 16.6 Å². The van der Waals surface area contributed by atoms with Crippen LogP contribution in [0, 0.1) is 0 Å². The largest absolute Gasteiger partial charge is 0.361 e. The van der Waals surface area contributed by atoms with E-state index in [0.29, 0.717) is 24.3 Å². The molecule has 1 unspecified atom stereocenters. The lowest BCUT2D eigenvalue weighted by molar-refractivity contribution is -0.122. The summed E-state index contributed by atoms with van der Waals surface area (Å²) in [5.74, 6) is 0.272. The topological polar surface area (TPSA) is 104 Å². The van der Waals surface area contributed by atoms with Crippen LogP contribution in [0.4, 0.5) is 0 Å². The van der Waals surface area contributed by atoms with Crippen LogP contribution in [0.2, 0.25) is 0 Å². The van der Waals surface area contributed by atoms with Crippen molar-refractivity contribution in [1.29, 1.82) is 0 Å². The first-order valence-corrected chi connectivity index (χ1v) is 11.5. The number of para-hydroxylation sites is 1. The maximum atomic E-state index is 13.1. The summed E-state index contributed by atoms with van der Waals surface area (Å²) in [6.45, 7) is 0.383.